The summed E-state index contributed by atoms with van der Waals surface area (Å²) >= 11 is 0. The lowest BCUT2D eigenvalue weighted by Crippen LogP contribution is -2.26. The molecule has 0 amide bonds. The maximum atomic E-state index is 13.6. The lowest BCUT2D eigenvalue weighted by Gasteiger charge is -2.30. The smallest absolute Gasteiger partial charge is 0.206 e. The second kappa shape index (κ2) is 6.78. The van der Waals surface area contributed by atoms with E-state index in [1.165, 1.54) is 27.8 Å². The van der Waals surface area contributed by atoms with Crippen LogP contribution in [0.1, 0.15) is 22.3 Å². The highest BCUT2D eigenvalue weighted by atomic mass is 32.2. The first kappa shape index (κ1) is 19.5. The molecule has 0 unspecified atom stereocenters. The van der Waals surface area contributed by atoms with E-state index in [1.54, 1.807) is 30.3 Å². The summed E-state index contributed by atoms with van der Waals surface area (Å²) in [4.78, 5) is 0.637. The van der Waals surface area contributed by atoms with Gasteiger partial charge in [-0.2, -0.15) is 0 Å². The van der Waals surface area contributed by atoms with Crippen LogP contribution in [0.5, 0.6) is 0 Å². The molecule has 5 aromatic rings. The van der Waals surface area contributed by atoms with Gasteiger partial charge >= 0.3 is 0 Å². The Balaban J connectivity index is 1.60. The summed E-state index contributed by atoms with van der Waals surface area (Å²) in [5.74, 6) is 0. The molecule has 0 N–H and O–H groups in total. The van der Waals surface area contributed by atoms with Gasteiger partial charge in [0, 0.05) is 0 Å². The highest BCUT2D eigenvalue weighted by Gasteiger charge is 2.51. The molecule has 2 nitrogen and oxygen atoms in total. The first-order valence-electron chi connectivity index (χ1n) is 11.4. The van der Waals surface area contributed by atoms with Crippen LogP contribution in [0.2, 0.25) is 0 Å². The SMILES string of the molecule is O=S(=O)(c1ccccc1)c1ccc2c(c1)C1(c3ccccc3-c3ccccc31)c1ccccc1-2. The quantitative estimate of drug-likeness (QED) is 0.285. The largest absolute Gasteiger partial charge is 0.219 e. The van der Waals surface area contributed by atoms with E-state index < -0.39 is 15.3 Å². The first-order chi connectivity index (χ1) is 16.6. The topological polar surface area (TPSA) is 34.1 Å². The molecular formula is C31H20O2S. The van der Waals surface area contributed by atoms with E-state index in [9.17, 15) is 8.42 Å². The minimum absolute atomic E-state index is 0.312. The van der Waals surface area contributed by atoms with E-state index in [-0.39, 0.29) is 0 Å². The number of fused-ring (bicyclic) bond motifs is 10. The zero-order chi connectivity index (χ0) is 22.9. The maximum Gasteiger partial charge on any atom is 0.206 e. The van der Waals surface area contributed by atoms with Gasteiger partial charge in [-0.05, 0) is 68.8 Å². The van der Waals surface area contributed by atoms with Crippen LogP contribution in [0, 0.1) is 0 Å². The molecule has 0 atom stereocenters. The number of sulfone groups is 1. The van der Waals surface area contributed by atoms with Crippen molar-refractivity contribution < 1.29 is 8.42 Å². The van der Waals surface area contributed by atoms with Crippen LogP contribution in [0.15, 0.2) is 131 Å². The van der Waals surface area contributed by atoms with Crippen molar-refractivity contribution in [2.24, 2.45) is 0 Å². The number of hydrogen-bond donors (Lipinski definition) is 0. The van der Waals surface area contributed by atoms with Gasteiger partial charge in [-0.3, -0.25) is 0 Å². The fourth-order valence-corrected chi connectivity index (χ4v) is 7.28. The van der Waals surface area contributed by atoms with Crippen LogP contribution in [-0.4, -0.2) is 8.42 Å². The van der Waals surface area contributed by atoms with Crippen molar-refractivity contribution in [1.29, 1.82) is 0 Å². The predicted molar refractivity (Wildman–Crippen MR) is 135 cm³/mol. The first-order valence-corrected chi connectivity index (χ1v) is 12.9. The molecular weight excluding hydrogens is 436 g/mol. The Morgan fingerprint density at radius 3 is 1.38 bits per heavy atom. The Labute approximate surface area is 199 Å². The van der Waals surface area contributed by atoms with Gasteiger partial charge in [0.05, 0.1) is 15.2 Å². The molecule has 0 fully saturated rings. The molecule has 0 aromatic heterocycles. The summed E-state index contributed by atoms with van der Waals surface area (Å²) in [6.45, 7) is 0. The Morgan fingerprint density at radius 2 is 0.853 bits per heavy atom. The Morgan fingerprint density at radius 1 is 0.412 bits per heavy atom. The van der Waals surface area contributed by atoms with Gasteiger partial charge in [0.1, 0.15) is 0 Å². The van der Waals surface area contributed by atoms with Crippen LogP contribution in [0.3, 0.4) is 0 Å². The van der Waals surface area contributed by atoms with Crippen molar-refractivity contribution in [2.45, 2.75) is 15.2 Å². The summed E-state index contributed by atoms with van der Waals surface area (Å²) in [5.41, 5.74) is 8.77. The van der Waals surface area contributed by atoms with E-state index in [0.29, 0.717) is 9.79 Å². The summed E-state index contributed by atoms with van der Waals surface area (Å²) in [5, 5.41) is 0. The van der Waals surface area contributed by atoms with Crippen LogP contribution >= 0.6 is 0 Å². The molecule has 0 bridgehead atoms. The predicted octanol–water partition coefficient (Wildman–Crippen LogP) is 6.86. The molecule has 5 aromatic carbocycles. The molecule has 0 heterocycles. The van der Waals surface area contributed by atoms with E-state index in [2.05, 4.69) is 72.8 Å². The zero-order valence-electron chi connectivity index (χ0n) is 18.3. The minimum atomic E-state index is -3.65. The highest BCUT2D eigenvalue weighted by molar-refractivity contribution is 7.91. The molecule has 1 spiro atoms. The van der Waals surface area contributed by atoms with Crippen molar-refractivity contribution >= 4 is 9.84 Å². The number of benzene rings is 5. The van der Waals surface area contributed by atoms with Gasteiger partial charge in [-0.1, -0.05) is 97.1 Å². The molecule has 0 saturated carbocycles. The fraction of sp³-hybridized carbons (Fsp3) is 0.0323. The zero-order valence-corrected chi connectivity index (χ0v) is 19.1. The standard InChI is InChI=1S/C31H20O2S/c32-34(33,21-10-2-1-3-11-21)22-18-19-26-25-14-6-9-17-29(25)31(30(26)20-22)27-15-7-4-12-23(27)24-13-5-8-16-28(24)31/h1-20H. The van der Waals surface area contributed by atoms with Gasteiger partial charge < -0.3 is 0 Å². The van der Waals surface area contributed by atoms with Gasteiger partial charge in [0.2, 0.25) is 9.84 Å². The maximum absolute atomic E-state index is 13.6. The summed E-state index contributed by atoms with van der Waals surface area (Å²) < 4.78 is 27.2. The second-order valence-electron chi connectivity index (χ2n) is 8.91. The second-order valence-corrected chi connectivity index (χ2v) is 10.9. The Kier molecular flexibility index (Phi) is 3.89. The van der Waals surface area contributed by atoms with Crippen molar-refractivity contribution in [3.8, 4) is 22.3 Å². The molecule has 2 aliphatic rings. The van der Waals surface area contributed by atoms with Gasteiger partial charge in [0.25, 0.3) is 0 Å². The van der Waals surface area contributed by atoms with Crippen LogP contribution < -0.4 is 0 Å². The molecule has 0 aliphatic heterocycles. The van der Waals surface area contributed by atoms with E-state index >= 15 is 0 Å². The highest BCUT2D eigenvalue weighted by Crippen LogP contribution is 2.62. The molecule has 3 heteroatoms. The molecule has 0 radical (unpaired) electrons. The normalized spacial score (nSPS) is 14.4. The number of hydrogen-bond acceptors (Lipinski definition) is 2. The monoisotopic (exact) mass is 456 g/mol. The third-order valence-electron chi connectivity index (χ3n) is 7.33. The third-order valence-corrected chi connectivity index (χ3v) is 9.10. The molecule has 34 heavy (non-hydrogen) atoms. The van der Waals surface area contributed by atoms with E-state index in [4.69, 9.17) is 0 Å². The lowest BCUT2D eigenvalue weighted by molar-refractivity contribution is 0.596. The minimum Gasteiger partial charge on any atom is -0.219 e. The van der Waals surface area contributed by atoms with Gasteiger partial charge in [-0.25, -0.2) is 8.42 Å². The molecule has 0 saturated heterocycles. The lowest BCUT2D eigenvalue weighted by atomic mass is 9.70. The number of rotatable bonds is 2. The summed E-state index contributed by atoms with van der Waals surface area (Å²) in [6.07, 6.45) is 0. The van der Waals surface area contributed by atoms with E-state index in [0.717, 1.165) is 16.7 Å². The molecule has 162 valence electrons. The van der Waals surface area contributed by atoms with Crippen molar-refractivity contribution in [3.05, 3.63) is 144 Å². The molecule has 2 aliphatic carbocycles. The fourth-order valence-electron chi connectivity index (χ4n) is 5.98. The molecule has 7 rings (SSSR count). The third kappa shape index (κ3) is 2.32. The van der Waals surface area contributed by atoms with Crippen LogP contribution in [-0.2, 0) is 15.3 Å². The van der Waals surface area contributed by atoms with Crippen molar-refractivity contribution in [2.75, 3.05) is 0 Å². The van der Waals surface area contributed by atoms with Gasteiger partial charge in [0.15, 0.2) is 0 Å². The van der Waals surface area contributed by atoms with Crippen LogP contribution in [0.4, 0.5) is 0 Å². The van der Waals surface area contributed by atoms with Crippen molar-refractivity contribution in [3.63, 3.8) is 0 Å². The van der Waals surface area contributed by atoms with Crippen molar-refractivity contribution in [1.82, 2.24) is 0 Å². The van der Waals surface area contributed by atoms with Crippen LogP contribution in [0.25, 0.3) is 22.3 Å². The summed E-state index contributed by atoms with van der Waals surface area (Å²) in [6, 6.07) is 39.9. The average Bonchev–Trinajstić information content (AvgIpc) is 3.36. The van der Waals surface area contributed by atoms with Gasteiger partial charge in [-0.15, -0.1) is 0 Å². The average molecular weight is 457 g/mol. The Hall–Kier alpha value is -3.95. The Bertz CT molecular complexity index is 1650. The van der Waals surface area contributed by atoms with E-state index in [1.807, 2.05) is 18.2 Å². The summed E-state index contributed by atoms with van der Waals surface area (Å²) in [7, 11) is -3.65.